The molecular formula is C20H16F3N7O2. The molecule has 1 aromatic carbocycles. The Hall–Kier alpha value is -4.22. The van der Waals surface area contributed by atoms with E-state index in [2.05, 4.69) is 35.4 Å². The standard InChI is InChI=1S/C20H16F3N7O2/c1-30-11-15(10-26-30)27-19-24-8-14(9-25-19)13-4-2-12(3-5-13)6-18(31)28-17-7-16(32-29-17)20(21,22)23/h2-5,7-11H,6H2,1H3,(H,24,25,27)(H,28,29,31). The molecule has 4 rings (SSSR count). The molecule has 0 unspecified atom stereocenters. The zero-order valence-electron chi connectivity index (χ0n) is 16.6. The third-order valence-electron chi connectivity index (χ3n) is 4.32. The Morgan fingerprint density at radius 1 is 1.09 bits per heavy atom. The first-order chi connectivity index (χ1) is 15.3. The van der Waals surface area contributed by atoms with Crippen LogP contribution in [0.5, 0.6) is 0 Å². The van der Waals surface area contributed by atoms with Gasteiger partial charge in [-0.25, -0.2) is 9.97 Å². The van der Waals surface area contributed by atoms with Gasteiger partial charge in [-0.3, -0.25) is 9.48 Å². The Morgan fingerprint density at radius 2 is 1.81 bits per heavy atom. The summed E-state index contributed by atoms with van der Waals surface area (Å²) in [6, 6.07) is 7.70. The van der Waals surface area contributed by atoms with Crippen LogP contribution < -0.4 is 10.6 Å². The molecule has 0 fully saturated rings. The number of aryl methyl sites for hydroxylation is 1. The van der Waals surface area contributed by atoms with Crippen molar-refractivity contribution < 1.29 is 22.5 Å². The molecule has 32 heavy (non-hydrogen) atoms. The van der Waals surface area contributed by atoms with Gasteiger partial charge in [0.15, 0.2) is 5.82 Å². The molecule has 164 valence electrons. The van der Waals surface area contributed by atoms with Crippen LogP contribution in [0.4, 0.5) is 30.6 Å². The number of nitrogens with zero attached hydrogens (tertiary/aromatic N) is 5. The highest BCUT2D eigenvalue weighted by Crippen LogP contribution is 2.30. The number of amides is 1. The van der Waals surface area contributed by atoms with Crippen molar-refractivity contribution in [1.82, 2.24) is 24.9 Å². The SMILES string of the molecule is Cn1cc(Nc2ncc(-c3ccc(CC(=O)Nc4cc(C(F)(F)F)on4)cc3)cn2)cn1. The van der Waals surface area contributed by atoms with Crippen LogP contribution in [0, 0.1) is 0 Å². The van der Waals surface area contributed by atoms with Crippen molar-refractivity contribution >= 4 is 23.4 Å². The lowest BCUT2D eigenvalue weighted by Gasteiger charge is -2.06. The summed E-state index contributed by atoms with van der Waals surface area (Å²) in [6.45, 7) is 0. The highest BCUT2D eigenvalue weighted by molar-refractivity contribution is 5.91. The second-order valence-electron chi connectivity index (χ2n) is 6.82. The van der Waals surface area contributed by atoms with Gasteiger partial charge < -0.3 is 15.2 Å². The van der Waals surface area contributed by atoms with Crippen LogP contribution in [0.1, 0.15) is 11.3 Å². The van der Waals surface area contributed by atoms with Gasteiger partial charge in [-0.2, -0.15) is 18.3 Å². The lowest BCUT2D eigenvalue weighted by molar-refractivity contribution is -0.155. The van der Waals surface area contributed by atoms with Crippen LogP contribution >= 0.6 is 0 Å². The third-order valence-corrected chi connectivity index (χ3v) is 4.32. The normalized spacial score (nSPS) is 11.4. The Bertz CT molecular complexity index is 1220. The molecule has 0 radical (unpaired) electrons. The summed E-state index contributed by atoms with van der Waals surface area (Å²) in [5.74, 6) is -1.66. The van der Waals surface area contributed by atoms with Gasteiger partial charge in [-0.1, -0.05) is 29.4 Å². The predicted molar refractivity (Wildman–Crippen MR) is 108 cm³/mol. The van der Waals surface area contributed by atoms with E-state index in [1.807, 2.05) is 0 Å². The summed E-state index contributed by atoms with van der Waals surface area (Å²) in [6.07, 6.45) is 2.07. The fourth-order valence-electron chi connectivity index (χ4n) is 2.81. The molecule has 0 bridgehead atoms. The van der Waals surface area contributed by atoms with Crippen molar-refractivity contribution in [2.24, 2.45) is 7.05 Å². The van der Waals surface area contributed by atoms with E-state index >= 15 is 0 Å². The largest absolute Gasteiger partial charge is 0.452 e. The number of halogens is 3. The first kappa shape index (κ1) is 21.0. The highest BCUT2D eigenvalue weighted by atomic mass is 19.4. The molecule has 0 saturated carbocycles. The number of aromatic nitrogens is 5. The minimum absolute atomic E-state index is 0.0427. The number of hydrogen-bond donors (Lipinski definition) is 2. The van der Waals surface area contributed by atoms with Gasteiger partial charge >= 0.3 is 6.18 Å². The zero-order valence-corrected chi connectivity index (χ0v) is 16.6. The molecule has 3 heterocycles. The number of carbonyl (C=O) groups excluding carboxylic acids is 1. The molecule has 0 atom stereocenters. The lowest BCUT2D eigenvalue weighted by atomic mass is 10.1. The number of rotatable bonds is 6. The quantitative estimate of drug-likeness (QED) is 0.466. The van der Waals surface area contributed by atoms with Gasteiger partial charge in [0.05, 0.1) is 18.3 Å². The van der Waals surface area contributed by atoms with E-state index in [4.69, 9.17) is 0 Å². The summed E-state index contributed by atoms with van der Waals surface area (Å²) >= 11 is 0. The molecule has 3 aromatic heterocycles. The monoisotopic (exact) mass is 443 g/mol. The van der Waals surface area contributed by atoms with Crippen molar-refractivity contribution in [3.8, 4) is 11.1 Å². The maximum Gasteiger partial charge on any atom is 0.452 e. The highest BCUT2D eigenvalue weighted by Gasteiger charge is 2.36. The molecule has 12 heteroatoms. The van der Waals surface area contributed by atoms with Crippen LogP contribution in [0.15, 0.2) is 59.6 Å². The second-order valence-corrected chi connectivity index (χ2v) is 6.82. The van der Waals surface area contributed by atoms with Gasteiger partial charge in [0.25, 0.3) is 0 Å². The van der Waals surface area contributed by atoms with Crippen LogP contribution in [-0.4, -0.2) is 30.8 Å². The molecule has 0 saturated heterocycles. The number of anilines is 3. The molecule has 4 aromatic rings. The maximum absolute atomic E-state index is 12.5. The summed E-state index contributed by atoms with van der Waals surface area (Å²) in [5, 5.41) is 12.6. The predicted octanol–water partition coefficient (Wildman–Crippen LogP) is 3.81. The summed E-state index contributed by atoms with van der Waals surface area (Å²) < 4.78 is 43.4. The van der Waals surface area contributed by atoms with Crippen molar-refractivity contribution in [1.29, 1.82) is 0 Å². The summed E-state index contributed by atoms with van der Waals surface area (Å²) in [5.41, 5.74) is 3.05. The minimum atomic E-state index is -4.66. The smallest absolute Gasteiger partial charge is 0.349 e. The van der Waals surface area contributed by atoms with E-state index in [1.54, 1.807) is 60.8 Å². The lowest BCUT2D eigenvalue weighted by Crippen LogP contribution is -2.14. The fraction of sp³-hybridized carbons (Fsp3) is 0.150. The number of carbonyl (C=O) groups is 1. The molecule has 0 aliphatic carbocycles. The first-order valence-corrected chi connectivity index (χ1v) is 9.27. The second kappa shape index (κ2) is 8.49. The van der Waals surface area contributed by atoms with Gasteiger partial charge in [0.1, 0.15) is 0 Å². The zero-order chi connectivity index (χ0) is 22.7. The van der Waals surface area contributed by atoms with E-state index in [1.165, 1.54) is 0 Å². The van der Waals surface area contributed by atoms with Crippen LogP contribution in [0.25, 0.3) is 11.1 Å². The van der Waals surface area contributed by atoms with Crippen molar-refractivity contribution in [3.63, 3.8) is 0 Å². The van der Waals surface area contributed by atoms with E-state index in [9.17, 15) is 18.0 Å². The Labute approximate surface area is 179 Å². The van der Waals surface area contributed by atoms with E-state index in [0.29, 0.717) is 17.6 Å². The van der Waals surface area contributed by atoms with Crippen LogP contribution in [0.3, 0.4) is 0 Å². The minimum Gasteiger partial charge on any atom is -0.349 e. The number of benzene rings is 1. The summed E-state index contributed by atoms with van der Waals surface area (Å²) in [4.78, 5) is 20.6. The molecule has 2 N–H and O–H groups in total. The molecule has 1 amide bonds. The topological polar surface area (TPSA) is 111 Å². The average Bonchev–Trinajstić information content (AvgIpc) is 3.38. The number of hydrogen-bond acceptors (Lipinski definition) is 7. The molecule has 0 aliphatic rings. The molecule has 0 spiro atoms. The van der Waals surface area contributed by atoms with Crippen LogP contribution in [-0.2, 0) is 24.4 Å². The van der Waals surface area contributed by atoms with Gasteiger partial charge in [0, 0.05) is 37.3 Å². The number of nitrogens with one attached hydrogen (secondary N) is 2. The summed E-state index contributed by atoms with van der Waals surface area (Å²) in [7, 11) is 1.81. The molecule has 9 nitrogen and oxygen atoms in total. The Balaban J connectivity index is 1.35. The van der Waals surface area contributed by atoms with Gasteiger partial charge in [-0.15, -0.1) is 0 Å². The van der Waals surface area contributed by atoms with Crippen molar-refractivity contribution in [2.45, 2.75) is 12.6 Å². The van der Waals surface area contributed by atoms with E-state index < -0.39 is 17.8 Å². The molecule has 0 aliphatic heterocycles. The van der Waals surface area contributed by atoms with Crippen molar-refractivity contribution in [3.05, 3.63) is 66.4 Å². The Morgan fingerprint density at radius 3 is 2.41 bits per heavy atom. The maximum atomic E-state index is 12.5. The average molecular weight is 443 g/mol. The molecular weight excluding hydrogens is 427 g/mol. The van der Waals surface area contributed by atoms with Crippen molar-refractivity contribution in [2.75, 3.05) is 10.6 Å². The van der Waals surface area contributed by atoms with E-state index in [0.717, 1.165) is 16.8 Å². The fourth-order valence-corrected chi connectivity index (χ4v) is 2.81. The third kappa shape index (κ3) is 5.09. The van der Waals surface area contributed by atoms with E-state index in [-0.39, 0.29) is 12.2 Å². The first-order valence-electron chi connectivity index (χ1n) is 9.27. The van der Waals surface area contributed by atoms with Crippen LogP contribution in [0.2, 0.25) is 0 Å². The van der Waals surface area contributed by atoms with Gasteiger partial charge in [-0.05, 0) is 11.1 Å². The Kier molecular flexibility index (Phi) is 5.58. The van der Waals surface area contributed by atoms with Gasteiger partial charge in [0.2, 0.25) is 17.6 Å². The number of alkyl halides is 3.